The van der Waals surface area contributed by atoms with Gasteiger partial charge in [-0.2, -0.15) is 0 Å². The van der Waals surface area contributed by atoms with Crippen molar-refractivity contribution in [2.45, 2.75) is 51.7 Å². The van der Waals surface area contributed by atoms with Gasteiger partial charge in [-0.25, -0.2) is 0 Å². The van der Waals surface area contributed by atoms with Crippen molar-refractivity contribution in [3.05, 3.63) is 70.8 Å². The van der Waals surface area contributed by atoms with Crippen molar-refractivity contribution in [2.24, 2.45) is 0 Å². The predicted molar refractivity (Wildman–Crippen MR) is 118 cm³/mol. The van der Waals surface area contributed by atoms with E-state index >= 15 is 0 Å². The van der Waals surface area contributed by atoms with Crippen LogP contribution < -0.4 is 4.74 Å². The van der Waals surface area contributed by atoms with Gasteiger partial charge in [0.1, 0.15) is 34.7 Å². The van der Waals surface area contributed by atoms with Crippen LogP contribution in [0.4, 0.5) is 0 Å². The lowest BCUT2D eigenvalue weighted by molar-refractivity contribution is 0.0844. The Morgan fingerprint density at radius 2 is 1.90 bits per heavy atom. The summed E-state index contributed by atoms with van der Waals surface area (Å²) < 4.78 is 5.88. The van der Waals surface area contributed by atoms with Crippen molar-refractivity contribution in [2.75, 3.05) is 0 Å². The summed E-state index contributed by atoms with van der Waals surface area (Å²) >= 11 is 0. The van der Waals surface area contributed by atoms with Crippen molar-refractivity contribution < 1.29 is 30.0 Å². The number of fused-ring (bicyclic) bond motifs is 1. The second-order valence-corrected chi connectivity index (χ2v) is 8.08. The summed E-state index contributed by atoms with van der Waals surface area (Å²) in [4.78, 5) is 12.8. The number of benzene rings is 2. The molecule has 3 rings (SSSR count). The van der Waals surface area contributed by atoms with E-state index in [-0.39, 0.29) is 52.7 Å². The fourth-order valence-corrected chi connectivity index (χ4v) is 3.57. The van der Waals surface area contributed by atoms with E-state index < -0.39 is 12.2 Å². The summed E-state index contributed by atoms with van der Waals surface area (Å²) in [6.07, 6.45) is 2.22. The number of Topliss-reactive ketones (excluding diaryl/α,β-unsaturated/α-hetero) is 1. The highest BCUT2D eigenvalue weighted by Gasteiger charge is 2.32. The van der Waals surface area contributed by atoms with Gasteiger partial charge in [-0.05, 0) is 50.8 Å². The number of carbonyl (C=O) groups excluding carboxylic acids is 1. The summed E-state index contributed by atoms with van der Waals surface area (Å²) in [5.74, 6) is -0.443. The first-order valence-corrected chi connectivity index (χ1v) is 10.2. The maximum Gasteiger partial charge on any atom is 0.174 e. The first-order valence-electron chi connectivity index (χ1n) is 10.2. The van der Waals surface area contributed by atoms with Crippen LogP contribution in [0.5, 0.6) is 23.0 Å². The fourth-order valence-electron chi connectivity index (χ4n) is 3.57. The average molecular weight is 424 g/mol. The van der Waals surface area contributed by atoms with E-state index in [2.05, 4.69) is 6.58 Å². The van der Waals surface area contributed by atoms with Crippen molar-refractivity contribution in [3.8, 4) is 23.0 Å². The second kappa shape index (κ2) is 9.27. The molecule has 6 heteroatoms. The Balaban J connectivity index is 1.80. The topological polar surface area (TPSA) is 107 Å². The summed E-state index contributed by atoms with van der Waals surface area (Å²) in [6.45, 7) is 7.42. The first kappa shape index (κ1) is 22.4. The van der Waals surface area contributed by atoms with E-state index in [0.29, 0.717) is 18.4 Å². The smallest absolute Gasteiger partial charge is 0.174 e. The molecule has 1 aliphatic rings. The third kappa shape index (κ3) is 5.09. The lowest BCUT2D eigenvalue weighted by atomic mass is 9.92. The Labute approximate surface area is 181 Å². The van der Waals surface area contributed by atoms with Gasteiger partial charge in [0.05, 0.1) is 12.5 Å². The molecule has 31 heavy (non-hydrogen) atoms. The minimum atomic E-state index is -0.565. The highest BCUT2D eigenvalue weighted by molar-refractivity contribution is 6.03. The van der Waals surface area contributed by atoms with Crippen LogP contribution in [0.25, 0.3) is 0 Å². The van der Waals surface area contributed by atoms with Crippen LogP contribution in [0.15, 0.2) is 54.1 Å². The van der Waals surface area contributed by atoms with E-state index in [1.165, 1.54) is 18.2 Å². The van der Waals surface area contributed by atoms with Crippen LogP contribution in [0.2, 0.25) is 0 Å². The van der Waals surface area contributed by atoms with Crippen LogP contribution in [0, 0.1) is 0 Å². The highest BCUT2D eigenvalue weighted by Crippen LogP contribution is 2.44. The maximum atomic E-state index is 12.8. The van der Waals surface area contributed by atoms with Gasteiger partial charge in [-0.1, -0.05) is 35.9 Å². The standard InChI is InChI=1S/C25H28O6/c1-14(2)19(27)11-5-15(3)4-10-18-20(28)12-23-24(25(18)30)21(29)13-22(31-23)16-6-8-17(26)9-7-16/h4,6-9,12,19,22,26-28,30H,1,5,10-11,13H2,2-3H3. The molecule has 0 aliphatic carbocycles. The van der Waals surface area contributed by atoms with Crippen molar-refractivity contribution in [3.63, 3.8) is 0 Å². The monoisotopic (exact) mass is 424 g/mol. The van der Waals surface area contributed by atoms with E-state index in [4.69, 9.17) is 4.74 Å². The van der Waals surface area contributed by atoms with Gasteiger partial charge in [-0.3, -0.25) is 4.79 Å². The summed E-state index contributed by atoms with van der Waals surface area (Å²) in [5.41, 5.74) is 2.76. The van der Waals surface area contributed by atoms with Crippen molar-refractivity contribution in [1.82, 2.24) is 0 Å². The Bertz CT molecular complexity index is 1020. The number of rotatable bonds is 7. The number of hydrogen-bond acceptors (Lipinski definition) is 6. The lowest BCUT2D eigenvalue weighted by Crippen LogP contribution is -2.20. The van der Waals surface area contributed by atoms with Gasteiger partial charge in [-0.15, -0.1) is 0 Å². The number of carbonyl (C=O) groups is 1. The quantitative estimate of drug-likeness (QED) is 0.479. The SMILES string of the molecule is C=C(C)C(O)CCC(C)=CCc1c(O)cc2c(c1O)C(=O)CC(c1ccc(O)cc1)O2. The summed E-state index contributed by atoms with van der Waals surface area (Å²) in [5, 5.41) is 40.5. The van der Waals surface area contributed by atoms with E-state index in [1.54, 1.807) is 19.1 Å². The van der Waals surface area contributed by atoms with Gasteiger partial charge in [0, 0.05) is 11.6 Å². The molecule has 0 aromatic heterocycles. The van der Waals surface area contributed by atoms with Crippen LogP contribution in [-0.4, -0.2) is 32.3 Å². The molecule has 1 heterocycles. The minimum Gasteiger partial charge on any atom is -0.508 e. The maximum absolute atomic E-state index is 12.8. The molecule has 0 spiro atoms. The predicted octanol–water partition coefficient (Wildman–Crippen LogP) is 4.72. The van der Waals surface area contributed by atoms with Crippen LogP contribution in [-0.2, 0) is 6.42 Å². The number of aromatic hydroxyl groups is 3. The molecule has 0 amide bonds. The van der Waals surface area contributed by atoms with Crippen molar-refractivity contribution in [1.29, 1.82) is 0 Å². The fraction of sp³-hybridized carbons (Fsp3) is 0.320. The van der Waals surface area contributed by atoms with Crippen LogP contribution in [0.3, 0.4) is 0 Å². The number of aliphatic hydroxyl groups is 1. The number of phenolic OH excluding ortho intramolecular Hbond substituents is 3. The van der Waals surface area contributed by atoms with Crippen molar-refractivity contribution >= 4 is 5.78 Å². The molecule has 4 N–H and O–H groups in total. The molecule has 2 aromatic carbocycles. The number of phenols is 3. The molecular formula is C25H28O6. The number of allylic oxidation sites excluding steroid dienone is 2. The van der Waals surface area contributed by atoms with Crippen LogP contribution in [0.1, 0.15) is 60.7 Å². The molecule has 0 radical (unpaired) electrons. The zero-order valence-corrected chi connectivity index (χ0v) is 17.8. The van der Waals surface area contributed by atoms with Gasteiger partial charge in [0.25, 0.3) is 0 Å². The lowest BCUT2D eigenvalue weighted by Gasteiger charge is -2.27. The van der Waals surface area contributed by atoms with Gasteiger partial charge >= 0.3 is 0 Å². The molecule has 2 atom stereocenters. The number of ether oxygens (including phenoxy) is 1. The van der Waals surface area contributed by atoms with Crippen LogP contribution >= 0.6 is 0 Å². The minimum absolute atomic E-state index is 0.0449. The Morgan fingerprint density at radius 3 is 2.55 bits per heavy atom. The third-order valence-electron chi connectivity index (χ3n) is 5.57. The van der Waals surface area contributed by atoms with E-state index in [1.807, 2.05) is 13.0 Å². The van der Waals surface area contributed by atoms with Gasteiger partial charge < -0.3 is 25.2 Å². The number of aliphatic hydroxyl groups excluding tert-OH is 1. The molecule has 2 aromatic rings. The molecule has 0 saturated heterocycles. The molecule has 6 nitrogen and oxygen atoms in total. The average Bonchev–Trinajstić information content (AvgIpc) is 2.71. The zero-order chi connectivity index (χ0) is 22.7. The highest BCUT2D eigenvalue weighted by atomic mass is 16.5. The normalized spacial score (nSPS) is 17.1. The number of ketones is 1. The molecule has 0 fully saturated rings. The number of hydrogen-bond donors (Lipinski definition) is 4. The molecule has 0 bridgehead atoms. The Morgan fingerprint density at radius 1 is 1.23 bits per heavy atom. The second-order valence-electron chi connectivity index (χ2n) is 8.08. The Kier molecular flexibility index (Phi) is 6.71. The molecule has 2 unspecified atom stereocenters. The van der Waals surface area contributed by atoms with Gasteiger partial charge in [0.15, 0.2) is 5.78 Å². The molecule has 0 saturated carbocycles. The largest absolute Gasteiger partial charge is 0.508 e. The molecule has 164 valence electrons. The molecular weight excluding hydrogens is 396 g/mol. The third-order valence-corrected chi connectivity index (χ3v) is 5.57. The first-order chi connectivity index (χ1) is 14.7. The zero-order valence-electron chi connectivity index (χ0n) is 17.8. The van der Waals surface area contributed by atoms with E-state index in [0.717, 1.165) is 11.1 Å². The van der Waals surface area contributed by atoms with Gasteiger partial charge in [0.2, 0.25) is 0 Å². The summed E-state index contributed by atoms with van der Waals surface area (Å²) in [7, 11) is 0. The Hall–Kier alpha value is -3.25. The summed E-state index contributed by atoms with van der Waals surface area (Å²) in [6, 6.07) is 7.74. The van der Waals surface area contributed by atoms with E-state index in [9.17, 15) is 25.2 Å². The molecule has 1 aliphatic heterocycles.